The molecule has 0 aliphatic carbocycles. The number of aromatic amines is 1. The first kappa shape index (κ1) is 22.5. The average molecular weight is 491 g/mol. The van der Waals surface area contributed by atoms with E-state index >= 15 is 0 Å². The SMILES string of the molecule is COCC(C)n1c(SCc2nc3scc(-c4ccccc4)c3c(=O)[nH]2)nc2ccccc2c1=O. The van der Waals surface area contributed by atoms with Crippen LogP contribution in [-0.2, 0) is 10.5 Å². The van der Waals surface area contributed by atoms with Crippen LogP contribution in [0.4, 0.5) is 0 Å². The average Bonchev–Trinajstić information content (AvgIpc) is 3.28. The zero-order valence-corrected chi connectivity index (χ0v) is 20.3. The number of rotatable bonds is 7. The van der Waals surface area contributed by atoms with Crippen molar-refractivity contribution in [3.63, 3.8) is 0 Å². The molecule has 34 heavy (non-hydrogen) atoms. The largest absolute Gasteiger partial charge is 0.383 e. The van der Waals surface area contributed by atoms with Crippen molar-refractivity contribution >= 4 is 44.2 Å². The number of H-pyrrole nitrogens is 1. The van der Waals surface area contributed by atoms with Gasteiger partial charge >= 0.3 is 0 Å². The molecule has 2 aromatic carbocycles. The summed E-state index contributed by atoms with van der Waals surface area (Å²) in [7, 11) is 1.61. The third-order valence-electron chi connectivity index (χ3n) is 5.54. The Morgan fingerprint density at radius 2 is 1.85 bits per heavy atom. The third-order valence-corrected chi connectivity index (χ3v) is 7.38. The number of nitrogens with zero attached hydrogens (tertiary/aromatic N) is 3. The van der Waals surface area contributed by atoms with Crippen molar-refractivity contribution < 1.29 is 4.74 Å². The number of hydrogen-bond donors (Lipinski definition) is 1. The van der Waals surface area contributed by atoms with Gasteiger partial charge in [0.15, 0.2) is 5.16 Å². The summed E-state index contributed by atoms with van der Waals surface area (Å²) < 4.78 is 6.95. The van der Waals surface area contributed by atoms with Crippen molar-refractivity contribution in [1.29, 1.82) is 0 Å². The highest BCUT2D eigenvalue weighted by atomic mass is 32.2. The van der Waals surface area contributed by atoms with Crippen LogP contribution in [0, 0.1) is 0 Å². The van der Waals surface area contributed by atoms with Crippen LogP contribution in [0.3, 0.4) is 0 Å². The summed E-state index contributed by atoms with van der Waals surface area (Å²) in [5, 5.41) is 3.69. The number of thiophene rings is 1. The predicted molar refractivity (Wildman–Crippen MR) is 138 cm³/mol. The van der Waals surface area contributed by atoms with Gasteiger partial charge in [-0.3, -0.25) is 14.2 Å². The number of benzene rings is 2. The number of ether oxygens (including phenoxy) is 1. The maximum atomic E-state index is 13.2. The fourth-order valence-electron chi connectivity index (χ4n) is 3.96. The smallest absolute Gasteiger partial charge is 0.262 e. The zero-order valence-electron chi connectivity index (χ0n) is 18.6. The summed E-state index contributed by atoms with van der Waals surface area (Å²) in [6, 6.07) is 16.9. The molecule has 5 aromatic rings. The van der Waals surface area contributed by atoms with Crippen LogP contribution in [0.1, 0.15) is 18.8 Å². The molecule has 0 radical (unpaired) electrons. The molecule has 7 nitrogen and oxygen atoms in total. The standard InChI is InChI=1S/C25H22N4O3S2/c1-15(12-32-2)29-24(31)17-10-6-7-11-19(17)26-25(29)34-14-20-27-22(30)21-18(13-33-23(21)28-20)16-8-4-3-5-9-16/h3-11,13,15H,12,14H2,1-2H3,(H,27,28,30). The third kappa shape index (κ3) is 4.18. The number of hydrogen-bond acceptors (Lipinski definition) is 7. The first-order chi connectivity index (χ1) is 16.6. The minimum Gasteiger partial charge on any atom is -0.383 e. The van der Waals surface area contributed by atoms with Gasteiger partial charge in [0.1, 0.15) is 10.7 Å². The number of methoxy groups -OCH3 is 1. The monoisotopic (exact) mass is 490 g/mol. The van der Waals surface area contributed by atoms with E-state index in [1.807, 2.05) is 60.8 Å². The molecule has 0 fully saturated rings. The first-order valence-electron chi connectivity index (χ1n) is 10.8. The molecule has 0 amide bonds. The van der Waals surface area contributed by atoms with Crippen LogP contribution in [-0.4, -0.2) is 33.2 Å². The lowest BCUT2D eigenvalue weighted by Gasteiger charge is -2.18. The number of para-hydroxylation sites is 1. The molecule has 1 atom stereocenters. The van der Waals surface area contributed by atoms with E-state index in [4.69, 9.17) is 14.7 Å². The zero-order chi connectivity index (χ0) is 23.7. The Bertz CT molecular complexity index is 1590. The fraction of sp³-hybridized carbons (Fsp3) is 0.200. The van der Waals surface area contributed by atoms with Crippen LogP contribution in [0.25, 0.3) is 32.2 Å². The molecule has 1 unspecified atom stereocenters. The lowest BCUT2D eigenvalue weighted by Crippen LogP contribution is -2.28. The van der Waals surface area contributed by atoms with E-state index in [1.54, 1.807) is 17.7 Å². The number of aromatic nitrogens is 4. The van der Waals surface area contributed by atoms with Gasteiger partial charge < -0.3 is 9.72 Å². The van der Waals surface area contributed by atoms with Crippen LogP contribution in [0.2, 0.25) is 0 Å². The lowest BCUT2D eigenvalue weighted by molar-refractivity contribution is 0.156. The Morgan fingerprint density at radius 1 is 1.09 bits per heavy atom. The highest BCUT2D eigenvalue weighted by Crippen LogP contribution is 2.31. The van der Waals surface area contributed by atoms with Gasteiger partial charge in [0, 0.05) is 18.1 Å². The van der Waals surface area contributed by atoms with Crippen LogP contribution >= 0.6 is 23.1 Å². The quantitative estimate of drug-likeness (QED) is 0.259. The topological polar surface area (TPSA) is 89.9 Å². The normalized spacial score (nSPS) is 12.4. The van der Waals surface area contributed by atoms with E-state index in [0.717, 1.165) is 11.1 Å². The van der Waals surface area contributed by atoms with Gasteiger partial charge in [-0.1, -0.05) is 54.2 Å². The van der Waals surface area contributed by atoms with Crippen LogP contribution in [0.15, 0.2) is 74.7 Å². The molecule has 0 aliphatic heterocycles. The second-order valence-corrected chi connectivity index (χ2v) is 9.69. The van der Waals surface area contributed by atoms with Crippen molar-refractivity contribution in [1.82, 2.24) is 19.5 Å². The minimum atomic E-state index is -0.197. The summed E-state index contributed by atoms with van der Waals surface area (Å²) in [5.74, 6) is 0.908. The fourth-order valence-corrected chi connectivity index (χ4v) is 5.89. The molecule has 1 N–H and O–H groups in total. The summed E-state index contributed by atoms with van der Waals surface area (Å²) in [4.78, 5) is 39.2. The molecule has 3 aromatic heterocycles. The Kier molecular flexibility index (Phi) is 6.32. The maximum Gasteiger partial charge on any atom is 0.262 e. The van der Waals surface area contributed by atoms with E-state index in [0.29, 0.717) is 44.5 Å². The van der Waals surface area contributed by atoms with Gasteiger partial charge in [-0.05, 0) is 24.6 Å². The summed E-state index contributed by atoms with van der Waals surface area (Å²) in [5.41, 5.74) is 2.22. The van der Waals surface area contributed by atoms with Crippen molar-refractivity contribution in [3.05, 3.63) is 86.5 Å². The number of nitrogens with one attached hydrogen (secondary N) is 1. The van der Waals surface area contributed by atoms with Crippen LogP contribution in [0.5, 0.6) is 0 Å². The Hall–Kier alpha value is -3.27. The maximum absolute atomic E-state index is 13.2. The second kappa shape index (κ2) is 9.54. The van der Waals surface area contributed by atoms with Gasteiger partial charge in [-0.2, -0.15) is 0 Å². The Labute approximate surface area is 203 Å². The van der Waals surface area contributed by atoms with Gasteiger partial charge in [0.05, 0.1) is 34.7 Å². The predicted octanol–water partition coefficient (Wildman–Crippen LogP) is 4.86. The van der Waals surface area contributed by atoms with E-state index in [-0.39, 0.29) is 17.2 Å². The molecule has 0 spiro atoms. The Morgan fingerprint density at radius 3 is 2.65 bits per heavy atom. The van der Waals surface area contributed by atoms with Gasteiger partial charge in [-0.25, -0.2) is 9.97 Å². The van der Waals surface area contributed by atoms with Gasteiger partial charge in [0.2, 0.25) is 0 Å². The van der Waals surface area contributed by atoms with Gasteiger partial charge in [-0.15, -0.1) is 11.3 Å². The highest BCUT2D eigenvalue weighted by molar-refractivity contribution is 7.98. The molecule has 0 aliphatic rings. The van der Waals surface area contributed by atoms with E-state index in [2.05, 4.69) is 4.98 Å². The highest BCUT2D eigenvalue weighted by Gasteiger charge is 2.18. The minimum absolute atomic E-state index is 0.111. The molecule has 5 rings (SSSR count). The van der Waals surface area contributed by atoms with Crippen molar-refractivity contribution in [2.24, 2.45) is 0 Å². The molecule has 172 valence electrons. The van der Waals surface area contributed by atoms with E-state index in [9.17, 15) is 9.59 Å². The van der Waals surface area contributed by atoms with Gasteiger partial charge in [0.25, 0.3) is 11.1 Å². The lowest BCUT2D eigenvalue weighted by atomic mass is 10.1. The molecule has 0 saturated heterocycles. The van der Waals surface area contributed by atoms with Crippen molar-refractivity contribution in [2.45, 2.75) is 23.9 Å². The number of fused-ring (bicyclic) bond motifs is 2. The van der Waals surface area contributed by atoms with Crippen molar-refractivity contribution in [3.8, 4) is 11.1 Å². The molecular formula is C25H22N4O3S2. The molecule has 0 bridgehead atoms. The molecule has 0 saturated carbocycles. The molecule has 9 heteroatoms. The summed E-state index contributed by atoms with van der Waals surface area (Å²) in [6.45, 7) is 2.31. The summed E-state index contributed by atoms with van der Waals surface area (Å²) >= 11 is 2.82. The van der Waals surface area contributed by atoms with Crippen LogP contribution < -0.4 is 11.1 Å². The molecule has 3 heterocycles. The number of thioether (sulfide) groups is 1. The van der Waals surface area contributed by atoms with Crippen molar-refractivity contribution in [2.75, 3.05) is 13.7 Å². The molecular weight excluding hydrogens is 468 g/mol. The second-order valence-electron chi connectivity index (χ2n) is 7.89. The van der Waals surface area contributed by atoms with E-state index < -0.39 is 0 Å². The first-order valence-corrected chi connectivity index (χ1v) is 12.6. The Balaban J connectivity index is 1.51. The summed E-state index contributed by atoms with van der Waals surface area (Å²) in [6.07, 6.45) is 0. The van der Waals surface area contributed by atoms with E-state index in [1.165, 1.54) is 23.1 Å².